The van der Waals surface area contributed by atoms with Gasteiger partial charge in [-0.1, -0.05) is 20.8 Å². The first-order valence-electron chi connectivity index (χ1n) is 8.20. The normalized spacial score (nSPS) is 12.0. The van der Waals surface area contributed by atoms with E-state index in [2.05, 4.69) is 10.3 Å². The van der Waals surface area contributed by atoms with Gasteiger partial charge in [0.05, 0.1) is 24.4 Å². The lowest BCUT2D eigenvalue weighted by atomic mass is 9.91. The minimum absolute atomic E-state index is 0.0476. The molecule has 0 saturated heterocycles. The zero-order valence-corrected chi connectivity index (χ0v) is 14.5. The van der Waals surface area contributed by atoms with Crippen LogP contribution in [0.15, 0.2) is 12.1 Å². The van der Waals surface area contributed by atoms with E-state index < -0.39 is 5.91 Å². The second-order valence-corrected chi connectivity index (χ2v) is 6.01. The molecule has 0 radical (unpaired) electrons. The van der Waals surface area contributed by atoms with Gasteiger partial charge in [0.25, 0.3) is 5.91 Å². The molecule has 0 fully saturated rings. The first-order chi connectivity index (χ1) is 11.4. The van der Waals surface area contributed by atoms with Crippen LogP contribution in [0, 0.1) is 5.92 Å². The molecule has 7 heteroatoms. The SMILES string of the molecule is CCC(=O)NCCOc1ccc(C(N)=O)c([C@H](CO)CC(C)C)n1. The third-order valence-corrected chi connectivity index (χ3v) is 3.52. The summed E-state index contributed by atoms with van der Waals surface area (Å²) < 4.78 is 5.52. The molecule has 1 rings (SSSR count). The number of hydrogen-bond donors (Lipinski definition) is 3. The Morgan fingerprint density at radius 1 is 1.38 bits per heavy atom. The van der Waals surface area contributed by atoms with Gasteiger partial charge in [0.2, 0.25) is 11.8 Å². The van der Waals surface area contributed by atoms with Gasteiger partial charge in [-0.15, -0.1) is 0 Å². The average Bonchev–Trinajstić information content (AvgIpc) is 2.55. The third kappa shape index (κ3) is 6.16. The van der Waals surface area contributed by atoms with E-state index >= 15 is 0 Å². The molecule has 1 heterocycles. The minimum Gasteiger partial charge on any atom is -0.476 e. The molecule has 0 bridgehead atoms. The third-order valence-electron chi connectivity index (χ3n) is 3.52. The number of nitrogens with one attached hydrogen (secondary N) is 1. The summed E-state index contributed by atoms with van der Waals surface area (Å²) in [5.41, 5.74) is 6.15. The summed E-state index contributed by atoms with van der Waals surface area (Å²) in [6.45, 7) is 6.35. The number of aromatic nitrogens is 1. The first kappa shape index (κ1) is 19.9. The van der Waals surface area contributed by atoms with E-state index in [0.29, 0.717) is 42.4 Å². The van der Waals surface area contributed by atoms with E-state index in [4.69, 9.17) is 10.5 Å². The molecule has 1 aromatic rings. The number of carbonyl (C=O) groups excluding carboxylic acids is 2. The second-order valence-electron chi connectivity index (χ2n) is 6.01. The summed E-state index contributed by atoms with van der Waals surface area (Å²) in [5, 5.41) is 12.3. The van der Waals surface area contributed by atoms with Crippen LogP contribution < -0.4 is 15.8 Å². The smallest absolute Gasteiger partial charge is 0.250 e. The van der Waals surface area contributed by atoms with Crippen LogP contribution in [0.1, 0.15) is 55.6 Å². The van der Waals surface area contributed by atoms with Crippen molar-refractivity contribution in [1.29, 1.82) is 0 Å². The zero-order chi connectivity index (χ0) is 18.1. The van der Waals surface area contributed by atoms with Gasteiger partial charge in [-0.3, -0.25) is 9.59 Å². The molecular formula is C17H27N3O4. The van der Waals surface area contributed by atoms with Crippen LogP contribution >= 0.6 is 0 Å². The van der Waals surface area contributed by atoms with Crippen molar-refractivity contribution in [3.63, 3.8) is 0 Å². The van der Waals surface area contributed by atoms with Crippen LogP contribution in [-0.4, -0.2) is 41.7 Å². The van der Waals surface area contributed by atoms with Gasteiger partial charge >= 0.3 is 0 Å². The zero-order valence-electron chi connectivity index (χ0n) is 14.5. The number of rotatable bonds is 10. The molecular weight excluding hydrogens is 310 g/mol. The largest absolute Gasteiger partial charge is 0.476 e. The van der Waals surface area contributed by atoms with E-state index in [1.807, 2.05) is 13.8 Å². The topological polar surface area (TPSA) is 115 Å². The van der Waals surface area contributed by atoms with Crippen molar-refractivity contribution in [3.8, 4) is 5.88 Å². The Morgan fingerprint density at radius 2 is 2.08 bits per heavy atom. The highest BCUT2D eigenvalue weighted by molar-refractivity contribution is 5.94. The summed E-state index contributed by atoms with van der Waals surface area (Å²) in [4.78, 5) is 27.1. The molecule has 0 aliphatic heterocycles. The highest BCUT2D eigenvalue weighted by Crippen LogP contribution is 2.26. The number of pyridine rings is 1. The highest BCUT2D eigenvalue weighted by atomic mass is 16.5. The van der Waals surface area contributed by atoms with Crippen molar-refractivity contribution in [2.24, 2.45) is 11.7 Å². The summed E-state index contributed by atoms with van der Waals surface area (Å²) in [7, 11) is 0. The van der Waals surface area contributed by atoms with Gasteiger partial charge in [0.1, 0.15) is 6.61 Å². The second kappa shape index (κ2) is 9.87. The van der Waals surface area contributed by atoms with E-state index in [1.54, 1.807) is 19.1 Å². The number of ether oxygens (including phenoxy) is 1. The van der Waals surface area contributed by atoms with Gasteiger partial charge in [0, 0.05) is 18.4 Å². The Hall–Kier alpha value is -2.15. The van der Waals surface area contributed by atoms with Crippen molar-refractivity contribution in [1.82, 2.24) is 10.3 Å². The van der Waals surface area contributed by atoms with Crippen LogP contribution in [0.3, 0.4) is 0 Å². The fourth-order valence-electron chi connectivity index (χ4n) is 2.37. The lowest BCUT2D eigenvalue weighted by Gasteiger charge is -2.19. The van der Waals surface area contributed by atoms with E-state index in [0.717, 1.165) is 0 Å². The van der Waals surface area contributed by atoms with Crippen LogP contribution in [0.25, 0.3) is 0 Å². The van der Waals surface area contributed by atoms with Crippen molar-refractivity contribution < 1.29 is 19.4 Å². The molecule has 24 heavy (non-hydrogen) atoms. The molecule has 0 spiro atoms. The number of carbonyl (C=O) groups is 2. The van der Waals surface area contributed by atoms with Crippen LogP contribution in [0.4, 0.5) is 0 Å². The fraction of sp³-hybridized carbons (Fsp3) is 0.588. The minimum atomic E-state index is -0.582. The molecule has 4 N–H and O–H groups in total. The van der Waals surface area contributed by atoms with Gasteiger partial charge in [0.15, 0.2) is 0 Å². The van der Waals surface area contributed by atoms with Crippen molar-refractivity contribution in [2.75, 3.05) is 19.8 Å². The van der Waals surface area contributed by atoms with Gasteiger partial charge in [-0.25, -0.2) is 4.98 Å². The number of nitrogens with zero attached hydrogens (tertiary/aromatic N) is 1. The van der Waals surface area contributed by atoms with Gasteiger partial charge in [-0.2, -0.15) is 0 Å². The van der Waals surface area contributed by atoms with Crippen molar-refractivity contribution in [2.45, 2.75) is 39.5 Å². The Morgan fingerprint density at radius 3 is 2.62 bits per heavy atom. The summed E-state index contributed by atoms with van der Waals surface area (Å²) in [6.07, 6.45) is 1.10. The van der Waals surface area contributed by atoms with Gasteiger partial charge in [-0.05, 0) is 18.4 Å². The monoisotopic (exact) mass is 337 g/mol. The molecule has 0 aliphatic carbocycles. The lowest BCUT2D eigenvalue weighted by Crippen LogP contribution is -2.27. The lowest BCUT2D eigenvalue weighted by molar-refractivity contribution is -0.120. The number of nitrogens with two attached hydrogens (primary N) is 1. The summed E-state index contributed by atoms with van der Waals surface area (Å²) >= 11 is 0. The number of aliphatic hydroxyl groups is 1. The van der Waals surface area contributed by atoms with Gasteiger partial charge < -0.3 is 20.9 Å². The molecule has 1 atom stereocenters. The van der Waals surface area contributed by atoms with E-state index in [9.17, 15) is 14.7 Å². The predicted octanol–water partition coefficient (Wildman–Crippen LogP) is 1.21. The Kier molecular flexibility index (Phi) is 8.18. The highest BCUT2D eigenvalue weighted by Gasteiger charge is 2.21. The van der Waals surface area contributed by atoms with Crippen LogP contribution in [0.2, 0.25) is 0 Å². The van der Waals surface area contributed by atoms with Crippen LogP contribution in [0.5, 0.6) is 5.88 Å². The maximum Gasteiger partial charge on any atom is 0.250 e. The molecule has 1 aromatic heterocycles. The Balaban J connectivity index is 2.87. The summed E-state index contributed by atoms with van der Waals surface area (Å²) in [5.74, 6) is -0.243. The average molecular weight is 337 g/mol. The Labute approximate surface area is 142 Å². The van der Waals surface area contributed by atoms with E-state index in [1.165, 1.54) is 0 Å². The number of hydrogen-bond acceptors (Lipinski definition) is 5. The molecule has 134 valence electrons. The maximum atomic E-state index is 11.6. The molecule has 0 saturated carbocycles. The Bertz CT molecular complexity index is 561. The van der Waals surface area contributed by atoms with E-state index in [-0.39, 0.29) is 25.0 Å². The number of primary amides is 1. The number of amides is 2. The van der Waals surface area contributed by atoms with Crippen molar-refractivity contribution in [3.05, 3.63) is 23.4 Å². The quantitative estimate of drug-likeness (QED) is 0.555. The molecule has 0 aromatic carbocycles. The molecule has 2 amide bonds. The summed E-state index contributed by atoms with van der Waals surface area (Å²) in [6, 6.07) is 3.13. The molecule has 0 unspecified atom stereocenters. The number of aliphatic hydroxyl groups excluding tert-OH is 1. The molecule has 0 aliphatic rings. The maximum absolute atomic E-state index is 11.6. The predicted molar refractivity (Wildman–Crippen MR) is 90.8 cm³/mol. The molecule has 7 nitrogen and oxygen atoms in total. The fourth-order valence-corrected chi connectivity index (χ4v) is 2.37. The van der Waals surface area contributed by atoms with Crippen molar-refractivity contribution >= 4 is 11.8 Å². The van der Waals surface area contributed by atoms with Crippen LogP contribution in [-0.2, 0) is 4.79 Å². The standard InChI is InChI=1S/C17H27N3O4/c1-4-14(22)19-7-8-24-15-6-5-13(17(18)23)16(20-15)12(10-21)9-11(2)3/h5-6,11-12,21H,4,7-10H2,1-3H3,(H2,18,23)(H,19,22)/t12-/m0/s1. The first-order valence-corrected chi connectivity index (χ1v) is 8.20.